The molecule has 17 heavy (non-hydrogen) atoms. The van der Waals surface area contributed by atoms with Gasteiger partial charge in [-0.25, -0.2) is 0 Å². The Bertz CT molecular complexity index is 184. The zero-order valence-electron chi connectivity index (χ0n) is 11.5. The summed E-state index contributed by atoms with van der Waals surface area (Å²) in [4.78, 5) is 0. The Kier molecular flexibility index (Phi) is 7.85. The van der Waals surface area contributed by atoms with Gasteiger partial charge in [-0.1, -0.05) is 0 Å². The molecule has 0 bridgehead atoms. The predicted molar refractivity (Wildman–Crippen MR) is 73.1 cm³/mol. The molecule has 0 aromatic rings. The number of rotatable bonds is 9. The fraction of sp³-hybridized carbons (Fsp3) is 1.00. The molecule has 3 atom stereocenters. The van der Waals surface area contributed by atoms with Crippen LogP contribution >= 0.6 is 0 Å². The molecule has 0 saturated heterocycles. The number of nitrogens with one attached hydrogen (secondary N) is 1. The highest BCUT2D eigenvalue weighted by molar-refractivity contribution is 4.65. The fourth-order valence-electron chi connectivity index (χ4n) is 2.45. The minimum atomic E-state index is 0.118. The number of hydrogen-bond donors (Lipinski definition) is 5. The van der Waals surface area contributed by atoms with Gasteiger partial charge in [0, 0.05) is 13.1 Å². The first kappa shape index (κ1) is 16.8. The van der Waals surface area contributed by atoms with Crippen LogP contribution in [0.2, 0.25) is 0 Å². The van der Waals surface area contributed by atoms with E-state index in [4.69, 9.17) is 22.9 Å². The first-order valence-electron chi connectivity index (χ1n) is 6.34. The van der Waals surface area contributed by atoms with E-state index in [1.54, 1.807) is 0 Å². The van der Waals surface area contributed by atoms with Gasteiger partial charge in [0.15, 0.2) is 6.17 Å². The summed E-state index contributed by atoms with van der Waals surface area (Å²) in [7, 11) is 2.15. The highest BCUT2D eigenvalue weighted by Crippen LogP contribution is 2.10. The van der Waals surface area contributed by atoms with Crippen LogP contribution in [0.15, 0.2) is 0 Å². The Balaban J connectivity index is 4.70. The van der Waals surface area contributed by atoms with E-state index in [2.05, 4.69) is 12.4 Å². The standard InChI is InChI=1S/C11H31N6/c1-9(14)7-17(3,8-10(2)15)11(6-13)16-5-4-12/h9-11,16H,4-8,12-15H2,1-3H3/q+1. The van der Waals surface area contributed by atoms with Crippen molar-refractivity contribution in [3.05, 3.63) is 0 Å². The summed E-state index contributed by atoms with van der Waals surface area (Å²) in [6, 6.07) is 0.236. The van der Waals surface area contributed by atoms with E-state index in [1.165, 1.54) is 0 Å². The summed E-state index contributed by atoms with van der Waals surface area (Å²) in [5, 5.41) is 3.38. The largest absolute Gasteiger partial charge is 0.329 e. The molecule has 6 heteroatoms. The van der Waals surface area contributed by atoms with Gasteiger partial charge >= 0.3 is 0 Å². The van der Waals surface area contributed by atoms with Gasteiger partial charge in [0.1, 0.15) is 0 Å². The highest BCUT2D eigenvalue weighted by Gasteiger charge is 2.33. The second-order valence-corrected chi connectivity index (χ2v) is 5.29. The van der Waals surface area contributed by atoms with E-state index < -0.39 is 0 Å². The van der Waals surface area contributed by atoms with E-state index in [0.717, 1.165) is 24.1 Å². The van der Waals surface area contributed by atoms with Crippen LogP contribution in [0.4, 0.5) is 0 Å². The first-order valence-corrected chi connectivity index (χ1v) is 6.34. The van der Waals surface area contributed by atoms with E-state index in [0.29, 0.717) is 13.1 Å². The van der Waals surface area contributed by atoms with Gasteiger partial charge in [0.25, 0.3) is 0 Å². The lowest BCUT2D eigenvalue weighted by molar-refractivity contribution is -0.936. The number of hydrogen-bond acceptors (Lipinski definition) is 5. The molecule has 0 aliphatic rings. The van der Waals surface area contributed by atoms with Crippen LogP contribution < -0.4 is 28.3 Å². The Labute approximate surface area is 105 Å². The van der Waals surface area contributed by atoms with Crippen LogP contribution in [0.5, 0.6) is 0 Å². The molecule has 0 heterocycles. The zero-order chi connectivity index (χ0) is 13.5. The Morgan fingerprint density at radius 3 is 1.82 bits per heavy atom. The Hall–Kier alpha value is -0.240. The molecule has 0 aliphatic carbocycles. The molecule has 0 amide bonds. The molecule has 0 aromatic carbocycles. The monoisotopic (exact) mass is 247 g/mol. The van der Waals surface area contributed by atoms with Crippen molar-refractivity contribution in [3.63, 3.8) is 0 Å². The van der Waals surface area contributed by atoms with Gasteiger partial charge in [-0.3, -0.25) is 5.32 Å². The molecule has 3 unspecified atom stereocenters. The van der Waals surface area contributed by atoms with Crippen LogP contribution in [-0.2, 0) is 0 Å². The molecule has 0 fully saturated rings. The molecular weight excluding hydrogens is 216 g/mol. The summed E-state index contributed by atoms with van der Waals surface area (Å²) >= 11 is 0. The van der Waals surface area contributed by atoms with Gasteiger partial charge < -0.3 is 27.4 Å². The van der Waals surface area contributed by atoms with Gasteiger partial charge in [-0.2, -0.15) is 0 Å². The molecule has 0 spiro atoms. The molecule has 0 rings (SSSR count). The topological polar surface area (TPSA) is 116 Å². The van der Waals surface area contributed by atoms with Crippen LogP contribution in [0.3, 0.4) is 0 Å². The summed E-state index contributed by atoms with van der Waals surface area (Å²) in [6.07, 6.45) is 0.149. The second kappa shape index (κ2) is 7.97. The maximum Gasteiger partial charge on any atom is 0.155 e. The molecular formula is C11H31N6+. The molecule has 0 saturated carbocycles. The van der Waals surface area contributed by atoms with Crippen LogP contribution in [0, 0.1) is 0 Å². The van der Waals surface area contributed by atoms with E-state index in [-0.39, 0.29) is 18.2 Å². The van der Waals surface area contributed by atoms with E-state index in [9.17, 15) is 0 Å². The highest BCUT2D eigenvalue weighted by atomic mass is 15.4. The minimum Gasteiger partial charge on any atom is -0.329 e. The predicted octanol–water partition coefficient (Wildman–Crippen LogP) is -2.04. The Morgan fingerprint density at radius 1 is 1.06 bits per heavy atom. The molecule has 104 valence electrons. The molecule has 0 aliphatic heterocycles. The second-order valence-electron chi connectivity index (χ2n) is 5.29. The first-order chi connectivity index (χ1) is 7.85. The number of nitrogens with two attached hydrogens (primary N) is 4. The van der Waals surface area contributed by atoms with Crippen molar-refractivity contribution in [2.45, 2.75) is 32.1 Å². The van der Waals surface area contributed by atoms with E-state index in [1.807, 2.05) is 13.8 Å². The van der Waals surface area contributed by atoms with Crippen molar-refractivity contribution in [3.8, 4) is 0 Å². The third kappa shape index (κ3) is 6.30. The quantitative estimate of drug-likeness (QED) is 0.238. The summed E-state index contributed by atoms with van der Waals surface area (Å²) in [5.41, 5.74) is 23.2. The molecule has 9 N–H and O–H groups in total. The van der Waals surface area contributed by atoms with Crippen molar-refractivity contribution < 1.29 is 4.48 Å². The molecule has 6 nitrogen and oxygen atoms in total. The SMILES string of the molecule is CC(N)C[N+](C)(CC(C)N)C(CN)NCCN. The zero-order valence-corrected chi connectivity index (χ0v) is 11.5. The normalized spacial score (nSPS) is 20.6. The van der Waals surface area contributed by atoms with Crippen molar-refractivity contribution in [2.24, 2.45) is 22.9 Å². The van der Waals surface area contributed by atoms with Crippen LogP contribution in [0.1, 0.15) is 13.8 Å². The van der Waals surface area contributed by atoms with Crippen LogP contribution in [-0.4, -0.2) is 62.5 Å². The Morgan fingerprint density at radius 2 is 1.53 bits per heavy atom. The lowest BCUT2D eigenvalue weighted by Gasteiger charge is -2.43. The van der Waals surface area contributed by atoms with E-state index >= 15 is 0 Å². The smallest absolute Gasteiger partial charge is 0.155 e. The summed E-state index contributed by atoms with van der Waals surface area (Å²) < 4.78 is 0.742. The maximum atomic E-state index is 5.93. The van der Waals surface area contributed by atoms with Crippen LogP contribution in [0.25, 0.3) is 0 Å². The fourth-order valence-corrected chi connectivity index (χ4v) is 2.45. The van der Waals surface area contributed by atoms with Gasteiger partial charge in [-0.05, 0) is 13.8 Å². The summed E-state index contributed by atoms with van der Waals surface area (Å²) in [6.45, 7) is 7.63. The lowest BCUT2D eigenvalue weighted by Crippen LogP contribution is -2.67. The number of quaternary nitrogens is 1. The van der Waals surface area contributed by atoms with Gasteiger partial charge in [-0.15, -0.1) is 0 Å². The third-order valence-electron chi connectivity index (χ3n) is 2.91. The molecule has 0 radical (unpaired) electrons. The maximum absolute atomic E-state index is 5.93. The van der Waals surface area contributed by atoms with Crippen molar-refractivity contribution >= 4 is 0 Å². The van der Waals surface area contributed by atoms with Crippen molar-refractivity contribution in [2.75, 3.05) is 39.8 Å². The number of likely N-dealkylation sites (N-methyl/N-ethyl adjacent to an activating group) is 1. The lowest BCUT2D eigenvalue weighted by atomic mass is 10.2. The molecule has 0 aromatic heterocycles. The van der Waals surface area contributed by atoms with Crippen molar-refractivity contribution in [1.29, 1.82) is 0 Å². The summed E-state index contributed by atoms with van der Waals surface area (Å²) in [5.74, 6) is 0. The third-order valence-corrected chi connectivity index (χ3v) is 2.91. The van der Waals surface area contributed by atoms with Gasteiger partial charge in [0.2, 0.25) is 0 Å². The van der Waals surface area contributed by atoms with Gasteiger partial charge in [0.05, 0.1) is 38.8 Å². The van der Waals surface area contributed by atoms with Crippen molar-refractivity contribution in [1.82, 2.24) is 5.32 Å². The average molecular weight is 247 g/mol. The average Bonchev–Trinajstić information content (AvgIpc) is 2.15. The number of nitrogens with zero attached hydrogens (tertiary/aromatic N) is 1. The minimum absolute atomic E-state index is 0.118.